The highest BCUT2D eigenvalue weighted by Crippen LogP contribution is 2.40. The molecule has 2 N–H and O–H groups in total. The Balaban J connectivity index is 2.25. The summed E-state index contributed by atoms with van der Waals surface area (Å²) in [6.45, 7) is 1.94. The number of carbonyl (C=O) groups excluding carboxylic acids is 1. The molecule has 0 saturated carbocycles. The second-order valence-corrected chi connectivity index (χ2v) is 6.37. The second kappa shape index (κ2) is 7.98. The van der Waals surface area contributed by atoms with Crippen LogP contribution in [0.1, 0.15) is 27.2 Å². The Labute approximate surface area is 168 Å². The molecule has 1 aromatic heterocycles. The van der Waals surface area contributed by atoms with Crippen LogP contribution in [0.5, 0.6) is 17.2 Å². The number of carbonyl (C=O) groups is 1. The topological polar surface area (TPSA) is 99.5 Å². The maximum atomic E-state index is 13.2. The van der Waals surface area contributed by atoms with Crippen molar-refractivity contribution in [3.05, 3.63) is 65.0 Å². The number of nitriles is 1. The van der Waals surface area contributed by atoms with Gasteiger partial charge in [0, 0.05) is 23.9 Å². The van der Waals surface area contributed by atoms with Crippen LogP contribution in [0.4, 0.5) is 5.69 Å². The highest BCUT2D eigenvalue weighted by atomic mass is 16.5. The molecule has 0 atom stereocenters. The van der Waals surface area contributed by atoms with Gasteiger partial charge in [-0.15, -0.1) is 0 Å². The van der Waals surface area contributed by atoms with Crippen molar-refractivity contribution in [2.75, 3.05) is 27.1 Å². The van der Waals surface area contributed by atoms with E-state index in [1.54, 1.807) is 28.8 Å². The maximum absolute atomic E-state index is 13.2. The largest absolute Gasteiger partial charge is 0.493 e. The molecule has 0 radical (unpaired) electrons. The lowest BCUT2D eigenvalue weighted by Crippen LogP contribution is -2.11. The Hall–Kier alpha value is -3.92. The summed E-state index contributed by atoms with van der Waals surface area (Å²) in [5.41, 5.74) is 8.73. The summed E-state index contributed by atoms with van der Waals surface area (Å²) in [4.78, 5) is 13.2. The molecule has 0 aliphatic carbocycles. The standard InChI is InChI=1S/C22H21N3O4/c1-13-5-7-14(8-6-13)21(26)20-19(24)15(11-23)12-25(20)16-9-17(27-2)22(29-4)18(10-16)28-3/h5-10,12H,24H2,1-4H3. The van der Waals surface area contributed by atoms with Crippen molar-refractivity contribution in [1.82, 2.24) is 4.57 Å². The first-order valence-corrected chi connectivity index (χ1v) is 8.77. The minimum atomic E-state index is -0.294. The monoisotopic (exact) mass is 391 g/mol. The van der Waals surface area contributed by atoms with Crippen LogP contribution in [-0.4, -0.2) is 31.7 Å². The fourth-order valence-electron chi connectivity index (χ4n) is 3.09. The molecule has 0 bridgehead atoms. The molecule has 0 aliphatic heterocycles. The molecule has 0 unspecified atom stereocenters. The van der Waals surface area contributed by atoms with E-state index in [0.717, 1.165) is 5.56 Å². The van der Waals surface area contributed by atoms with Gasteiger partial charge >= 0.3 is 0 Å². The number of ether oxygens (including phenoxy) is 3. The van der Waals surface area contributed by atoms with Crippen molar-refractivity contribution >= 4 is 11.5 Å². The molecule has 0 saturated heterocycles. The highest BCUT2D eigenvalue weighted by Gasteiger charge is 2.24. The van der Waals surface area contributed by atoms with E-state index in [9.17, 15) is 10.1 Å². The summed E-state index contributed by atoms with van der Waals surface area (Å²) >= 11 is 0. The van der Waals surface area contributed by atoms with Gasteiger partial charge in [0.25, 0.3) is 0 Å². The third kappa shape index (κ3) is 3.48. The first-order chi connectivity index (χ1) is 13.9. The average molecular weight is 391 g/mol. The number of aromatic nitrogens is 1. The van der Waals surface area contributed by atoms with Crippen molar-refractivity contribution in [1.29, 1.82) is 5.26 Å². The van der Waals surface area contributed by atoms with E-state index in [1.165, 1.54) is 27.5 Å². The van der Waals surface area contributed by atoms with Crippen LogP contribution in [0.2, 0.25) is 0 Å². The fourth-order valence-corrected chi connectivity index (χ4v) is 3.09. The molecular weight excluding hydrogens is 370 g/mol. The normalized spacial score (nSPS) is 10.3. The van der Waals surface area contributed by atoms with E-state index in [-0.39, 0.29) is 22.7 Å². The molecule has 1 heterocycles. The Morgan fingerprint density at radius 2 is 1.62 bits per heavy atom. The number of hydrogen-bond donors (Lipinski definition) is 1. The molecule has 0 fully saturated rings. The van der Waals surface area contributed by atoms with E-state index in [4.69, 9.17) is 19.9 Å². The van der Waals surface area contributed by atoms with Crippen molar-refractivity contribution in [2.45, 2.75) is 6.92 Å². The summed E-state index contributed by atoms with van der Waals surface area (Å²) in [7, 11) is 4.52. The fraction of sp³-hybridized carbons (Fsp3) is 0.182. The number of ketones is 1. The Bertz CT molecular complexity index is 1080. The predicted octanol–water partition coefficient (Wildman–Crippen LogP) is 3.50. The first-order valence-electron chi connectivity index (χ1n) is 8.77. The van der Waals surface area contributed by atoms with Crippen LogP contribution in [0, 0.1) is 18.3 Å². The van der Waals surface area contributed by atoms with Gasteiger partial charge in [-0.05, 0) is 6.92 Å². The van der Waals surface area contributed by atoms with Crippen molar-refractivity contribution in [2.24, 2.45) is 0 Å². The van der Waals surface area contributed by atoms with Crippen molar-refractivity contribution < 1.29 is 19.0 Å². The van der Waals surface area contributed by atoms with Crippen LogP contribution in [-0.2, 0) is 0 Å². The molecule has 2 aromatic carbocycles. The molecule has 0 aliphatic rings. The van der Waals surface area contributed by atoms with Crippen LogP contribution in [0.15, 0.2) is 42.6 Å². The average Bonchev–Trinajstić information content (AvgIpc) is 3.08. The molecule has 3 rings (SSSR count). The number of hydrogen-bond acceptors (Lipinski definition) is 6. The molecule has 0 amide bonds. The minimum absolute atomic E-state index is 0.117. The number of nitrogens with zero attached hydrogens (tertiary/aromatic N) is 2. The summed E-state index contributed by atoms with van der Waals surface area (Å²) < 4.78 is 17.7. The first kappa shape index (κ1) is 19.8. The number of rotatable bonds is 6. The smallest absolute Gasteiger partial charge is 0.211 e. The van der Waals surface area contributed by atoms with E-state index < -0.39 is 0 Å². The van der Waals surface area contributed by atoms with Crippen LogP contribution < -0.4 is 19.9 Å². The second-order valence-electron chi connectivity index (χ2n) is 6.37. The lowest BCUT2D eigenvalue weighted by molar-refractivity contribution is 0.103. The van der Waals surface area contributed by atoms with Gasteiger partial charge < -0.3 is 24.5 Å². The minimum Gasteiger partial charge on any atom is -0.493 e. The van der Waals surface area contributed by atoms with Crippen molar-refractivity contribution in [3.63, 3.8) is 0 Å². The van der Waals surface area contributed by atoms with Gasteiger partial charge in [-0.2, -0.15) is 5.26 Å². The van der Waals surface area contributed by atoms with E-state index in [2.05, 4.69) is 0 Å². The predicted molar refractivity (Wildman–Crippen MR) is 109 cm³/mol. The van der Waals surface area contributed by atoms with Crippen LogP contribution in [0.25, 0.3) is 5.69 Å². The quantitative estimate of drug-likeness (QED) is 0.646. The molecule has 148 valence electrons. The molecule has 7 heteroatoms. The third-order valence-corrected chi connectivity index (χ3v) is 4.62. The van der Waals surface area contributed by atoms with Crippen LogP contribution >= 0.6 is 0 Å². The van der Waals surface area contributed by atoms with E-state index >= 15 is 0 Å². The van der Waals surface area contributed by atoms with Crippen LogP contribution in [0.3, 0.4) is 0 Å². The van der Waals surface area contributed by atoms with E-state index in [1.807, 2.05) is 25.1 Å². The SMILES string of the molecule is COc1cc(-n2cc(C#N)c(N)c2C(=O)c2ccc(C)cc2)cc(OC)c1OC. The number of aryl methyl sites for hydroxylation is 1. The van der Waals surface area contributed by atoms with Gasteiger partial charge in [0.2, 0.25) is 11.5 Å². The highest BCUT2D eigenvalue weighted by molar-refractivity contribution is 6.12. The lowest BCUT2D eigenvalue weighted by atomic mass is 10.0. The van der Waals surface area contributed by atoms with Gasteiger partial charge in [-0.1, -0.05) is 29.8 Å². The zero-order chi connectivity index (χ0) is 21.1. The zero-order valence-electron chi connectivity index (χ0n) is 16.6. The Morgan fingerprint density at radius 3 is 2.10 bits per heavy atom. The number of nitrogens with two attached hydrogens (primary N) is 1. The zero-order valence-corrected chi connectivity index (χ0v) is 16.6. The maximum Gasteiger partial charge on any atom is 0.211 e. The van der Waals surface area contributed by atoms with Gasteiger partial charge in [0.05, 0.1) is 38.3 Å². The third-order valence-electron chi connectivity index (χ3n) is 4.62. The molecule has 7 nitrogen and oxygen atoms in total. The van der Waals surface area contributed by atoms with Crippen molar-refractivity contribution in [3.8, 4) is 29.0 Å². The molecular formula is C22H21N3O4. The van der Waals surface area contributed by atoms with Gasteiger partial charge in [-0.25, -0.2) is 0 Å². The molecule has 3 aromatic rings. The van der Waals surface area contributed by atoms with Gasteiger partial charge in [-0.3, -0.25) is 4.79 Å². The summed E-state index contributed by atoms with van der Waals surface area (Å²) in [6.07, 6.45) is 1.53. The van der Waals surface area contributed by atoms with Gasteiger partial charge in [0.1, 0.15) is 11.8 Å². The number of methoxy groups -OCH3 is 3. The lowest BCUT2D eigenvalue weighted by Gasteiger charge is -2.16. The van der Waals surface area contributed by atoms with Gasteiger partial charge in [0.15, 0.2) is 11.5 Å². The molecule has 29 heavy (non-hydrogen) atoms. The number of benzene rings is 2. The summed E-state index contributed by atoms with van der Waals surface area (Å²) in [6, 6.07) is 12.6. The molecule has 0 spiro atoms. The van der Waals surface area contributed by atoms with E-state index in [0.29, 0.717) is 28.5 Å². The summed E-state index contributed by atoms with van der Waals surface area (Å²) in [5, 5.41) is 9.45. The Kier molecular flexibility index (Phi) is 5.46. The number of nitrogen functional groups attached to an aromatic ring is 1. The summed E-state index contributed by atoms with van der Waals surface area (Å²) in [5.74, 6) is 0.964. The Morgan fingerprint density at radius 1 is 1.03 bits per heavy atom. The number of anilines is 1.